The second-order valence-corrected chi connectivity index (χ2v) is 7.90. The van der Waals surface area contributed by atoms with Crippen molar-refractivity contribution in [2.75, 3.05) is 11.5 Å². The second-order valence-electron chi connectivity index (χ2n) is 5.67. The molecular formula is C15H17NO5S. The number of sulfone groups is 1. The molecule has 0 bridgehead atoms. The van der Waals surface area contributed by atoms with E-state index in [1.54, 1.807) is 19.1 Å². The van der Waals surface area contributed by atoms with Gasteiger partial charge in [-0.1, -0.05) is 0 Å². The van der Waals surface area contributed by atoms with Crippen molar-refractivity contribution in [3.05, 3.63) is 39.7 Å². The largest absolute Gasteiger partial charge is 0.507 e. The number of hydrogen-bond acceptors (Lipinski definition) is 6. The smallest absolute Gasteiger partial charge is 0.336 e. The Labute approximate surface area is 127 Å². The summed E-state index contributed by atoms with van der Waals surface area (Å²) in [5.74, 6) is 0.302. The van der Waals surface area contributed by atoms with Gasteiger partial charge in [-0.3, -0.25) is 0 Å². The van der Waals surface area contributed by atoms with Gasteiger partial charge in [-0.25, -0.2) is 13.2 Å². The number of nitrogens with one attached hydrogen (secondary N) is 1. The first-order chi connectivity index (χ1) is 10.4. The van der Waals surface area contributed by atoms with Crippen LogP contribution in [0.25, 0.3) is 11.0 Å². The van der Waals surface area contributed by atoms with Crippen LogP contribution in [0.15, 0.2) is 27.4 Å². The van der Waals surface area contributed by atoms with Gasteiger partial charge in [0, 0.05) is 24.0 Å². The van der Waals surface area contributed by atoms with Crippen molar-refractivity contribution >= 4 is 20.8 Å². The molecule has 0 aliphatic carbocycles. The van der Waals surface area contributed by atoms with Crippen molar-refractivity contribution in [2.45, 2.75) is 25.9 Å². The normalized spacial score (nSPS) is 20.5. The lowest BCUT2D eigenvalue weighted by molar-refractivity contribution is 0.455. The van der Waals surface area contributed by atoms with Gasteiger partial charge in [-0.05, 0) is 31.0 Å². The van der Waals surface area contributed by atoms with Gasteiger partial charge in [0.05, 0.1) is 17.1 Å². The number of aromatic hydroxyl groups is 1. The monoisotopic (exact) mass is 323 g/mol. The molecule has 0 radical (unpaired) electrons. The number of rotatable bonds is 3. The topological polar surface area (TPSA) is 96.6 Å². The van der Waals surface area contributed by atoms with E-state index < -0.39 is 15.5 Å². The molecule has 0 amide bonds. The first-order valence-electron chi connectivity index (χ1n) is 7.05. The Morgan fingerprint density at radius 2 is 2.18 bits per heavy atom. The summed E-state index contributed by atoms with van der Waals surface area (Å²) in [4.78, 5) is 11.6. The molecule has 2 aromatic rings. The van der Waals surface area contributed by atoms with Gasteiger partial charge >= 0.3 is 5.63 Å². The summed E-state index contributed by atoms with van der Waals surface area (Å²) < 4.78 is 28.2. The van der Waals surface area contributed by atoms with E-state index in [4.69, 9.17) is 4.42 Å². The molecule has 1 atom stereocenters. The molecule has 0 saturated carbocycles. The third-order valence-corrected chi connectivity index (χ3v) is 5.77. The minimum atomic E-state index is -2.96. The predicted octanol–water partition coefficient (Wildman–Crippen LogP) is 1.08. The lowest BCUT2D eigenvalue weighted by Crippen LogP contribution is -2.29. The molecule has 1 aromatic heterocycles. The summed E-state index contributed by atoms with van der Waals surface area (Å²) >= 11 is 0. The fraction of sp³-hybridized carbons (Fsp3) is 0.400. The van der Waals surface area contributed by atoms with Gasteiger partial charge in [0.15, 0.2) is 9.84 Å². The van der Waals surface area contributed by atoms with E-state index in [-0.39, 0.29) is 29.8 Å². The van der Waals surface area contributed by atoms with Crippen LogP contribution in [-0.2, 0) is 16.4 Å². The van der Waals surface area contributed by atoms with E-state index in [1.165, 1.54) is 6.07 Å². The maximum atomic E-state index is 11.6. The van der Waals surface area contributed by atoms with Crippen LogP contribution >= 0.6 is 0 Å². The Morgan fingerprint density at radius 1 is 1.41 bits per heavy atom. The fourth-order valence-corrected chi connectivity index (χ4v) is 4.51. The highest BCUT2D eigenvalue weighted by Crippen LogP contribution is 2.28. The minimum absolute atomic E-state index is 0.0228. The Morgan fingerprint density at radius 3 is 2.86 bits per heavy atom. The van der Waals surface area contributed by atoms with E-state index in [0.29, 0.717) is 17.6 Å². The van der Waals surface area contributed by atoms with Gasteiger partial charge in [0.1, 0.15) is 11.3 Å². The van der Waals surface area contributed by atoms with Crippen molar-refractivity contribution in [3.63, 3.8) is 0 Å². The molecule has 2 N–H and O–H groups in total. The van der Waals surface area contributed by atoms with Gasteiger partial charge in [-0.2, -0.15) is 0 Å². The van der Waals surface area contributed by atoms with Gasteiger partial charge < -0.3 is 14.8 Å². The van der Waals surface area contributed by atoms with Crippen LogP contribution < -0.4 is 10.9 Å². The summed E-state index contributed by atoms with van der Waals surface area (Å²) in [7, 11) is -2.96. The molecule has 3 rings (SSSR count). The van der Waals surface area contributed by atoms with E-state index >= 15 is 0 Å². The Balaban J connectivity index is 1.93. The van der Waals surface area contributed by atoms with Crippen molar-refractivity contribution < 1.29 is 17.9 Å². The zero-order chi connectivity index (χ0) is 15.9. The zero-order valence-electron chi connectivity index (χ0n) is 12.1. The molecule has 22 heavy (non-hydrogen) atoms. The zero-order valence-corrected chi connectivity index (χ0v) is 12.9. The number of fused-ring (bicyclic) bond motifs is 1. The van der Waals surface area contributed by atoms with Gasteiger partial charge in [-0.15, -0.1) is 0 Å². The van der Waals surface area contributed by atoms with E-state index in [9.17, 15) is 18.3 Å². The van der Waals surface area contributed by atoms with E-state index in [2.05, 4.69) is 5.32 Å². The molecule has 1 aliphatic heterocycles. The first-order valence-corrected chi connectivity index (χ1v) is 8.87. The maximum absolute atomic E-state index is 11.6. The summed E-state index contributed by atoms with van der Waals surface area (Å²) in [6, 6.07) is 4.51. The second kappa shape index (κ2) is 5.40. The third-order valence-electron chi connectivity index (χ3n) is 4.00. The molecule has 6 nitrogen and oxygen atoms in total. The van der Waals surface area contributed by atoms with Crippen LogP contribution in [0.3, 0.4) is 0 Å². The molecule has 1 saturated heterocycles. The lowest BCUT2D eigenvalue weighted by Gasteiger charge is -2.13. The van der Waals surface area contributed by atoms with Crippen molar-refractivity contribution in [2.24, 2.45) is 0 Å². The summed E-state index contributed by atoms with van der Waals surface area (Å²) in [6.45, 7) is 2.05. The Bertz CT molecular complexity index is 885. The van der Waals surface area contributed by atoms with Crippen LogP contribution in [0, 0.1) is 6.92 Å². The van der Waals surface area contributed by atoms with E-state index in [0.717, 1.165) is 10.9 Å². The molecule has 7 heteroatoms. The maximum Gasteiger partial charge on any atom is 0.336 e. The number of aryl methyl sites for hydroxylation is 1. The molecule has 1 fully saturated rings. The predicted molar refractivity (Wildman–Crippen MR) is 82.8 cm³/mol. The average Bonchev–Trinajstić information content (AvgIpc) is 2.77. The first kappa shape index (κ1) is 15.1. The SMILES string of the molecule is Cc1cc(=O)oc2c(CN[C@H]3CCS(=O)(=O)C3)c(O)ccc12. The standard InChI is InChI=1S/C15H17NO5S/c1-9-6-14(18)21-15-11(9)2-3-13(17)12(15)7-16-10-4-5-22(19,20)8-10/h2-3,6,10,16-17H,4-5,7-8H2,1H3/t10-/m0/s1. The van der Waals surface area contributed by atoms with Crippen molar-refractivity contribution in [3.8, 4) is 5.75 Å². The minimum Gasteiger partial charge on any atom is -0.507 e. The van der Waals surface area contributed by atoms with Crippen LogP contribution in [0.4, 0.5) is 0 Å². The summed E-state index contributed by atoms with van der Waals surface area (Å²) in [6.07, 6.45) is 0.552. The molecule has 0 unspecified atom stereocenters. The van der Waals surface area contributed by atoms with Crippen molar-refractivity contribution in [1.29, 1.82) is 0 Å². The van der Waals surface area contributed by atoms with Gasteiger partial charge in [0.2, 0.25) is 0 Å². The van der Waals surface area contributed by atoms with Gasteiger partial charge in [0.25, 0.3) is 0 Å². The highest BCUT2D eigenvalue weighted by Gasteiger charge is 2.27. The highest BCUT2D eigenvalue weighted by molar-refractivity contribution is 7.91. The molecular weight excluding hydrogens is 306 g/mol. The lowest BCUT2D eigenvalue weighted by atomic mass is 10.1. The molecule has 118 valence electrons. The number of phenols is 1. The molecule has 2 heterocycles. The number of phenolic OH excluding ortho intramolecular Hbond substituents is 1. The summed E-state index contributed by atoms with van der Waals surface area (Å²) in [5.41, 5.74) is 1.12. The van der Waals surface area contributed by atoms with Crippen LogP contribution in [0.1, 0.15) is 17.5 Å². The average molecular weight is 323 g/mol. The summed E-state index contributed by atoms with van der Waals surface area (Å²) in [5, 5.41) is 13.9. The fourth-order valence-electron chi connectivity index (χ4n) is 2.80. The quantitative estimate of drug-likeness (QED) is 0.821. The third kappa shape index (κ3) is 2.86. The Kier molecular flexibility index (Phi) is 3.70. The molecule has 1 aliphatic rings. The number of benzene rings is 1. The molecule has 1 aromatic carbocycles. The van der Waals surface area contributed by atoms with Crippen LogP contribution in [-0.4, -0.2) is 31.1 Å². The highest BCUT2D eigenvalue weighted by atomic mass is 32.2. The number of hydrogen-bond donors (Lipinski definition) is 2. The Hall–Kier alpha value is -1.86. The van der Waals surface area contributed by atoms with Crippen molar-refractivity contribution in [1.82, 2.24) is 5.32 Å². The van der Waals surface area contributed by atoms with E-state index in [1.807, 2.05) is 0 Å². The van der Waals surface area contributed by atoms with Crippen LogP contribution in [0.5, 0.6) is 5.75 Å². The molecule has 0 spiro atoms. The van der Waals surface area contributed by atoms with Crippen LogP contribution in [0.2, 0.25) is 0 Å².